The summed E-state index contributed by atoms with van der Waals surface area (Å²) in [5.41, 5.74) is -0.998. The van der Waals surface area contributed by atoms with E-state index in [0.29, 0.717) is 25.6 Å². The molecule has 0 radical (unpaired) electrons. The van der Waals surface area contributed by atoms with E-state index in [4.69, 9.17) is 18.6 Å². The van der Waals surface area contributed by atoms with Crippen molar-refractivity contribution in [2.24, 2.45) is 17.8 Å². The first-order valence-electron chi connectivity index (χ1n) is 13.1. The second kappa shape index (κ2) is 8.91. The van der Waals surface area contributed by atoms with Gasteiger partial charge in [0, 0.05) is 19.4 Å². The molecule has 0 aromatic heterocycles. The van der Waals surface area contributed by atoms with Crippen LogP contribution in [0, 0.1) is 29.6 Å². The Kier molecular flexibility index (Phi) is 6.93. The first kappa shape index (κ1) is 25.7. The van der Waals surface area contributed by atoms with Gasteiger partial charge in [-0.2, -0.15) is 0 Å². The standard InChI is InChI=1S/C27H46O5Si/c1-24(2,3)33(6,7)32-25(4,20-11-9-8-10-12-20)15-13-21-22-19-27(30-17-18-31-27)26(22,29-5)16-14-23(21)28/h20-23,28H,8-12,14,16-19H2,1-7H3/t21-,22-,23-,25-,26-/m1/s1. The Morgan fingerprint density at radius 3 is 2.21 bits per heavy atom. The number of rotatable bonds is 4. The first-order valence-corrected chi connectivity index (χ1v) is 16.0. The van der Waals surface area contributed by atoms with Gasteiger partial charge in [-0.3, -0.25) is 0 Å². The fourth-order valence-corrected chi connectivity index (χ4v) is 8.16. The maximum absolute atomic E-state index is 11.0. The molecular weight excluding hydrogens is 432 g/mol. The number of fused-ring (bicyclic) bond motifs is 2. The number of aliphatic hydroxyl groups is 1. The van der Waals surface area contributed by atoms with E-state index in [1.165, 1.54) is 32.1 Å². The molecule has 0 aromatic carbocycles. The summed E-state index contributed by atoms with van der Waals surface area (Å²) in [7, 11) is -0.264. The van der Waals surface area contributed by atoms with Crippen molar-refractivity contribution < 1.29 is 23.7 Å². The highest BCUT2D eigenvalue weighted by Crippen LogP contribution is 2.62. The Bertz CT molecular complexity index is 768. The molecule has 4 rings (SSSR count). The van der Waals surface area contributed by atoms with Crippen LogP contribution in [0.3, 0.4) is 0 Å². The van der Waals surface area contributed by atoms with E-state index >= 15 is 0 Å². The summed E-state index contributed by atoms with van der Waals surface area (Å²) in [6, 6.07) is 0. The highest BCUT2D eigenvalue weighted by Gasteiger charge is 2.73. The van der Waals surface area contributed by atoms with Crippen molar-refractivity contribution in [3.63, 3.8) is 0 Å². The van der Waals surface area contributed by atoms with Crippen LogP contribution in [-0.2, 0) is 18.6 Å². The lowest BCUT2D eigenvalue weighted by Gasteiger charge is -2.63. The van der Waals surface area contributed by atoms with Gasteiger partial charge in [-0.15, -0.1) is 0 Å². The lowest BCUT2D eigenvalue weighted by atomic mass is 9.52. The normalized spacial score (nSPS) is 36.4. The van der Waals surface area contributed by atoms with Gasteiger partial charge >= 0.3 is 0 Å². The molecule has 1 aliphatic heterocycles. The van der Waals surface area contributed by atoms with Crippen molar-refractivity contribution in [1.29, 1.82) is 0 Å². The molecule has 1 spiro atoms. The van der Waals surface area contributed by atoms with Crippen LogP contribution in [0.1, 0.15) is 79.1 Å². The molecule has 4 fully saturated rings. The van der Waals surface area contributed by atoms with Crippen molar-refractivity contribution in [2.75, 3.05) is 20.3 Å². The Morgan fingerprint density at radius 2 is 1.64 bits per heavy atom. The molecule has 33 heavy (non-hydrogen) atoms. The molecule has 1 N–H and O–H groups in total. The molecule has 0 aromatic rings. The van der Waals surface area contributed by atoms with Crippen LogP contribution in [0.5, 0.6) is 0 Å². The van der Waals surface area contributed by atoms with Gasteiger partial charge in [0.15, 0.2) is 14.1 Å². The second-order valence-corrected chi connectivity index (χ2v) is 17.3. The van der Waals surface area contributed by atoms with E-state index in [0.717, 1.165) is 12.8 Å². The molecular formula is C27H46O5Si. The van der Waals surface area contributed by atoms with E-state index in [2.05, 4.69) is 52.6 Å². The van der Waals surface area contributed by atoms with Crippen LogP contribution < -0.4 is 0 Å². The largest absolute Gasteiger partial charge is 0.401 e. The Labute approximate surface area is 202 Å². The Morgan fingerprint density at radius 1 is 1.00 bits per heavy atom. The summed E-state index contributed by atoms with van der Waals surface area (Å²) in [6.07, 6.45) is 7.83. The average Bonchev–Trinajstić information content (AvgIpc) is 3.25. The third kappa shape index (κ3) is 4.25. The van der Waals surface area contributed by atoms with E-state index in [-0.39, 0.29) is 16.9 Å². The number of methoxy groups -OCH3 is 1. The highest BCUT2D eigenvalue weighted by molar-refractivity contribution is 6.74. The Hall–Kier alpha value is -0.423. The van der Waals surface area contributed by atoms with Gasteiger partial charge in [0.2, 0.25) is 0 Å². The van der Waals surface area contributed by atoms with Crippen molar-refractivity contribution in [2.45, 2.75) is 120 Å². The van der Waals surface area contributed by atoms with Crippen molar-refractivity contribution >= 4 is 8.32 Å². The molecule has 3 aliphatic carbocycles. The number of ether oxygens (including phenoxy) is 3. The lowest BCUT2D eigenvalue weighted by Crippen LogP contribution is -2.74. The zero-order chi connectivity index (χ0) is 24.1. The summed E-state index contributed by atoms with van der Waals surface area (Å²) < 4.78 is 25.3. The molecule has 5 atom stereocenters. The second-order valence-electron chi connectivity index (χ2n) is 12.6. The lowest BCUT2D eigenvalue weighted by molar-refractivity contribution is -0.381. The van der Waals surface area contributed by atoms with Gasteiger partial charge < -0.3 is 23.7 Å². The van der Waals surface area contributed by atoms with Crippen LogP contribution in [0.25, 0.3) is 0 Å². The molecule has 4 aliphatic rings. The molecule has 0 unspecified atom stereocenters. The first-order chi connectivity index (χ1) is 15.4. The Balaban J connectivity index is 1.64. The zero-order valence-corrected chi connectivity index (χ0v) is 23.0. The van der Waals surface area contributed by atoms with Crippen LogP contribution in [-0.4, -0.2) is 56.8 Å². The van der Waals surface area contributed by atoms with Crippen molar-refractivity contribution in [3.05, 3.63) is 0 Å². The third-order valence-corrected chi connectivity index (χ3v) is 14.2. The minimum atomic E-state index is -2.02. The zero-order valence-electron chi connectivity index (χ0n) is 22.0. The van der Waals surface area contributed by atoms with Gasteiger partial charge in [0.1, 0.15) is 11.2 Å². The fraction of sp³-hybridized carbons (Fsp3) is 0.926. The van der Waals surface area contributed by atoms with Crippen LogP contribution in [0.2, 0.25) is 18.1 Å². The number of hydrogen-bond donors (Lipinski definition) is 1. The molecule has 188 valence electrons. The van der Waals surface area contributed by atoms with Gasteiger partial charge in [-0.05, 0) is 56.7 Å². The van der Waals surface area contributed by atoms with Gasteiger partial charge in [-0.1, -0.05) is 51.9 Å². The number of aliphatic hydroxyl groups excluding tert-OH is 1. The van der Waals surface area contributed by atoms with Crippen LogP contribution >= 0.6 is 0 Å². The molecule has 0 bridgehead atoms. The summed E-state index contributed by atoms with van der Waals surface area (Å²) in [6.45, 7) is 15.0. The maximum atomic E-state index is 11.0. The summed E-state index contributed by atoms with van der Waals surface area (Å²) in [4.78, 5) is 0. The van der Waals surface area contributed by atoms with Crippen LogP contribution in [0.4, 0.5) is 0 Å². The van der Waals surface area contributed by atoms with Gasteiger partial charge in [0.05, 0.1) is 25.2 Å². The SMILES string of the molecule is CO[C@]12CC[C@@H](O)[C@H](C#C[C@@](C)(O[Si](C)(C)C(C)(C)C)C3CCCCC3)[C@H]1CC21OCCO1. The predicted molar refractivity (Wildman–Crippen MR) is 132 cm³/mol. The van der Waals surface area contributed by atoms with Crippen LogP contribution in [0.15, 0.2) is 0 Å². The summed E-state index contributed by atoms with van der Waals surface area (Å²) in [5, 5.41) is 11.2. The predicted octanol–water partition coefficient (Wildman–Crippen LogP) is 5.27. The van der Waals surface area contributed by atoms with E-state index in [9.17, 15) is 5.11 Å². The topological polar surface area (TPSA) is 57.2 Å². The van der Waals surface area contributed by atoms with E-state index in [1.54, 1.807) is 7.11 Å². The summed E-state index contributed by atoms with van der Waals surface area (Å²) >= 11 is 0. The molecule has 0 amide bonds. The number of hydrogen-bond acceptors (Lipinski definition) is 5. The minimum Gasteiger partial charge on any atom is -0.401 e. The quantitative estimate of drug-likeness (QED) is 0.441. The maximum Gasteiger partial charge on any atom is 0.198 e. The van der Waals surface area contributed by atoms with Gasteiger partial charge in [0.25, 0.3) is 0 Å². The molecule has 5 nitrogen and oxygen atoms in total. The monoisotopic (exact) mass is 478 g/mol. The molecule has 3 saturated carbocycles. The smallest absolute Gasteiger partial charge is 0.198 e. The highest BCUT2D eigenvalue weighted by atomic mass is 28.4. The fourth-order valence-electron chi connectivity index (χ4n) is 6.58. The minimum absolute atomic E-state index is 0.111. The van der Waals surface area contributed by atoms with Gasteiger partial charge in [-0.25, -0.2) is 0 Å². The van der Waals surface area contributed by atoms with E-state index in [1.807, 2.05) is 0 Å². The average molecular weight is 479 g/mol. The summed E-state index contributed by atoms with van der Waals surface area (Å²) in [5.74, 6) is 7.00. The third-order valence-electron chi connectivity index (χ3n) is 9.65. The molecule has 1 saturated heterocycles. The van der Waals surface area contributed by atoms with E-state index < -0.39 is 31.4 Å². The molecule has 1 heterocycles. The van der Waals surface area contributed by atoms with Crippen molar-refractivity contribution in [1.82, 2.24) is 0 Å². The molecule has 6 heteroatoms. The van der Waals surface area contributed by atoms with Crippen molar-refractivity contribution in [3.8, 4) is 11.8 Å².